The van der Waals surface area contributed by atoms with Crippen LogP contribution >= 0.6 is 0 Å². The Bertz CT molecular complexity index is 1220. The van der Waals surface area contributed by atoms with E-state index in [0.717, 1.165) is 46.3 Å². The third-order valence-corrected chi connectivity index (χ3v) is 6.54. The largest absolute Gasteiger partial charge is 0.451 e. The summed E-state index contributed by atoms with van der Waals surface area (Å²) in [6, 6.07) is 22.4. The van der Waals surface area contributed by atoms with E-state index in [2.05, 4.69) is 53.5 Å². The molecule has 1 aromatic heterocycles. The van der Waals surface area contributed by atoms with Gasteiger partial charge in [0.2, 0.25) is 0 Å². The Labute approximate surface area is 182 Å². The topological polar surface area (TPSA) is 45.5 Å². The van der Waals surface area contributed by atoms with E-state index in [1.54, 1.807) is 0 Å². The fraction of sp³-hybridized carbons (Fsp3) is 0.296. The minimum Gasteiger partial charge on any atom is -0.451 e. The van der Waals surface area contributed by atoms with E-state index in [1.807, 2.05) is 37.3 Å². The van der Waals surface area contributed by atoms with E-state index < -0.39 is 0 Å². The number of carbonyl (C=O) groups excluding carboxylic acids is 1. The van der Waals surface area contributed by atoms with Gasteiger partial charge in [0, 0.05) is 24.2 Å². The maximum Gasteiger partial charge on any atom is 0.287 e. The lowest BCUT2D eigenvalue weighted by Crippen LogP contribution is -2.32. The van der Waals surface area contributed by atoms with Crippen LogP contribution in [0.25, 0.3) is 21.7 Å². The first kappa shape index (κ1) is 19.7. The number of rotatable bonds is 4. The SMILES string of the molecule is CC1CCN(c2ccc(C(C)NC(=O)c3cc4c(ccc5ccccc54)o3)cc2)CC1. The molecule has 1 amide bonds. The number of hydrogen-bond donors (Lipinski definition) is 1. The molecule has 2 heterocycles. The number of carbonyl (C=O) groups is 1. The number of amides is 1. The molecule has 0 radical (unpaired) electrons. The molecule has 1 fully saturated rings. The molecule has 0 aliphatic carbocycles. The Morgan fingerprint density at radius 3 is 2.52 bits per heavy atom. The van der Waals surface area contributed by atoms with Gasteiger partial charge < -0.3 is 14.6 Å². The lowest BCUT2D eigenvalue weighted by Gasteiger charge is -2.32. The summed E-state index contributed by atoms with van der Waals surface area (Å²) in [5.41, 5.74) is 3.08. The van der Waals surface area contributed by atoms with Crippen molar-refractivity contribution < 1.29 is 9.21 Å². The summed E-state index contributed by atoms with van der Waals surface area (Å²) in [6.45, 7) is 6.57. The molecule has 1 atom stereocenters. The number of nitrogens with one attached hydrogen (secondary N) is 1. The molecule has 0 saturated carbocycles. The molecule has 1 saturated heterocycles. The van der Waals surface area contributed by atoms with E-state index >= 15 is 0 Å². The number of anilines is 1. The van der Waals surface area contributed by atoms with Crippen LogP contribution in [0.1, 0.15) is 48.8 Å². The smallest absolute Gasteiger partial charge is 0.287 e. The first-order valence-corrected chi connectivity index (χ1v) is 11.2. The second-order valence-electron chi connectivity index (χ2n) is 8.77. The summed E-state index contributed by atoms with van der Waals surface area (Å²) in [5.74, 6) is 0.973. The van der Waals surface area contributed by atoms with E-state index in [1.165, 1.54) is 18.5 Å². The highest BCUT2D eigenvalue weighted by molar-refractivity contribution is 6.08. The molecule has 4 heteroatoms. The van der Waals surface area contributed by atoms with Crippen molar-refractivity contribution >= 4 is 33.3 Å². The quantitative estimate of drug-likeness (QED) is 0.427. The number of nitrogens with zero attached hydrogens (tertiary/aromatic N) is 1. The summed E-state index contributed by atoms with van der Waals surface area (Å²) in [7, 11) is 0. The van der Waals surface area contributed by atoms with E-state index in [4.69, 9.17) is 4.42 Å². The molecule has 4 nitrogen and oxygen atoms in total. The first-order chi connectivity index (χ1) is 15.1. The summed E-state index contributed by atoms with van der Waals surface area (Å²) in [6.07, 6.45) is 2.50. The van der Waals surface area contributed by atoms with Crippen LogP contribution in [-0.4, -0.2) is 19.0 Å². The van der Waals surface area contributed by atoms with Gasteiger partial charge in [-0.05, 0) is 66.3 Å². The van der Waals surface area contributed by atoms with Gasteiger partial charge >= 0.3 is 0 Å². The predicted octanol–water partition coefficient (Wildman–Crippen LogP) is 6.31. The Balaban J connectivity index is 1.30. The maximum absolute atomic E-state index is 12.9. The average molecular weight is 413 g/mol. The molecular weight excluding hydrogens is 384 g/mol. The molecule has 31 heavy (non-hydrogen) atoms. The standard InChI is InChI=1S/C27H28N2O2/c1-18-13-15-29(16-14-18)22-10-7-20(8-11-22)19(2)28-27(30)26-17-24-23-6-4-3-5-21(23)9-12-25(24)31-26/h3-12,17-19H,13-16H2,1-2H3,(H,28,30). The fourth-order valence-corrected chi connectivity index (χ4v) is 4.50. The molecule has 1 unspecified atom stereocenters. The third kappa shape index (κ3) is 3.90. The zero-order valence-corrected chi connectivity index (χ0v) is 18.1. The van der Waals surface area contributed by atoms with Crippen molar-refractivity contribution in [2.75, 3.05) is 18.0 Å². The fourth-order valence-electron chi connectivity index (χ4n) is 4.50. The number of piperidine rings is 1. The Morgan fingerprint density at radius 2 is 1.74 bits per heavy atom. The van der Waals surface area contributed by atoms with Crippen molar-refractivity contribution in [1.82, 2.24) is 5.32 Å². The highest BCUT2D eigenvalue weighted by Gasteiger charge is 2.18. The van der Waals surface area contributed by atoms with Crippen LogP contribution < -0.4 is 10.2 Å². The van der Waals surface area contributed by atoms with Gasteiger partial charge in [0.25, 0.3) is 5.91 Å². The molecular formula is C27H28N2O2. The molecule has 1 aliphatic heterocycles. The van der Waals surface area contributed by atoms with Crippen LogP contribution in [0.15, 0.2) is 71.1 Å². The van der Waals surface area contributed by atoms with Gasteiger partial charge in [-0.25, -0.2) is 0 Å². The lowest BCUT2D eigenvalue weighted by atomic mass is 9.98. The molecule has 4 aromatic rings. The predicted molar refractivity (Wildman–Crippen MR) is 127 cm³/mol. The highest BCUT2D eigenvalue weighted by atomic mass is 16.3. The second-order valence-corrected chi connectivity index (χ2v) is 8.77. The Hall–Kier alpha value is -3.27. The third-order valence-electron chi connectivity index (χ3n) is 6.54. The van der Waals surface area contributed by atoms with Crippen LogP contribution in [-0.2, 0) is 0 Å². The minimum atomic E-state index is -0.193. The van der Waals surface area contributed by atoms with Crippen LogP contribution in [0.3, 0.4) is 0 Å². The van der Waals surface area contributed by atoms with E-state index in [9.17, 15) is 4.79 Å². The zero-order chi connectivity index (χ0) is 21.4. The van der Waals surface area contributed by atoms with Gasteiger partial charge in [-0.2, -0.15) is 0 Å². The number of benzene rings is 3. The molecule has 1 N–H and O–H groups in total. The van der Waals surface area contributed by atoms with Crippen LogP contribution in [0, 0.1) is 5.92 Å². The lowest BCUT2D eigenvalue weighted by molar-refractivity contribution is 0.0914. The van der Waals surface area contributed by atoms with E-state index in [-0.39, 0.29) is 11.9 Å². The van der Waals surface area contributed by atoms with Gasteiger partial charge in [-0.1, -0.05) is 49.4 Å². The maximum atomic E-state index is 12.9. The van der Waals surface area contributed by atoms with Gasteiger partial charge in [0.15, 0.2) is 5.76 Å². The second kappa shape index (κ2) is 8.10. The Kier molecular flexibility index (Phi) is 5.14. The monoisotopic (exact) mass is 412 g/mol. The minimum absolute atomic E-state index is 0.104. The Morgan fingerprint density at radius 1 is 1.00 bits per heavy atom. The van der Waals surface area contributed by atoms with E-state index in [0.29, 0.717) is 5.76 Å². The average Bonchev–Trinajstić information content (AvgIpc) is 3.25. The van der Waals surface area contributed by atoms with Gasteiger partial charge in [0.05, 0.1) is 6.04 Å². The van der Waals surface area contributed by atoms with Crippen molar-refractivity contribution in [1.29, 1.82) is 0 Å². The van der Waals surface area contributed by atoms with Crippen LogP contribution in [0.5, 0.6) is 0 Å². The van der Waals surface area contributed by atoms with Crippen LogP contribution in [0.4, 0.5) is 5.69 Å². The molecule has 158 valence electrons. The normalized spacial score (nSPS) is 16.0. The van der Waals surface area contributed by atoms with Gasteiger partial charge in [-0.15, -0.1) is 0 Å². The number of fused-ring (bicyclic) bond motifs is 3. The van der Waals surface area contributed by atoms with Crippen molar-refractivity contribution in [2.45, 2.75) is 32.7 Å². The summed E-state index contributed by atoms with van der Waals surface area (Å²) >= 11 is 0. The molecule has 5 rings (SSSR count). The molecule has 0 spiro atoms. The zero-order valence-electron chi connectivity index (χ0n) is 18.1. The number of hydrogen-bond acceptors (Lipinski definition) is 3. The van der Waals surface area contributed by atoms with Crippen molar-refractivity contribution in [3.63, 3.8) is 0 Å². The van der Waals surface area contributed by atoms with Crippen molar-refractivity contribution in [3.8, 4) is 0 Å². The highest BCUT2D eigenvalue weighted by Crippen LogP contribution is 2.29. The van der Waals surface area contributed by atoms with Crippen molar-refractivity contribution in [3.05, 3.63) is 78.1 Å². The first-order valence-electron chi connectivity index (χ1n) is 11.2. The molecule has 1 aliphatic rings. The van der Waals surface area contributed by atoms with Crippen LogP contribution in [0.2, 0.25) is 0 Å². The summed E-state index contributed by atoms with van der Waals surface area (Å²) in [4.78, 5) is 15.3. The molecule has 3 aromatic carbocycles. The van der Waals surface area contributed by atoms with Gasteiger partial charge in [-0.3, -0.25) is 4.79 Å². The molecule has 0 bridgehead atoms. The summed E-state index contributed by atoms with van der Waals surface area (Å²) in [5, 5.41) is 6.28. The summed E-state index contributed by atoms with van der Waals surface area (Å²) < 4.78 is 5.86. The van der Waals surface area contributed by atoms with Crippen molar-refractivity contribution in [2.24, 2.45) is 5.92 Å². The number of furan rings is 1. The van der Waals surface area contributed by atoms with Gasteiger partial charge in [0.1, 0.15) is 5.58 Å².